The van der Waals surface area contributed by atoms with Crippen molar-refractivity contribution in [2.24, 2.45) is 5.92 Å². The molecule has 2 fully saturated rings. The van der Waals surface area contributed by atoms with E-state index in [1.807, 2.05) is 30.1 Å². The zero-order valence-corrected chi connectivity index (χ0v) is 14.7. The molecule has 0 radical (unpaired) electrons. The normalized spacial score (nSPS) is 23.0. The van der Waals surface area contributed by atoms with E-state index in [0.29, 0.717) is 6.10 Å². The highest BCUT2D eigenvalue weighted by molar-refractivity contribution is 7.98. The maximum Gasteiger partial charge on any atom is 0.210 e. The SMILES string of the molecule is CSCCC1OC1N(CC1CC1)c1nnc(-c2cccnc2)s1. The lowest BCUT2D eigenvalue weighted by atomic mass is 10.3. The highest BCUT2D eigenvalue weighted by atomic mass is 32.2. The van der Waals surface area contributed by atoms with Crippen LogP contribution in [0.3, 0.4) is 0 Å². The predicted octanol–water partition coefficient (Wildman–Crippen LogP) is 3.29. The van der Waals surface area contributed by atoms with E-state index >= 15 is 0 Å². The number of hydrogen-bond donors (Lipinski definition) is 0. The first kappa shape index (κ1) is 15.4. The van der Waals surface area contributed by atoms with Gasteiger partial charge in [0.05, 0.1) is 0 Å². The first-order chi connectivity index (χ1) is 11.3. The van der Waals surface area contributed by atoms with Crippen molar-refractivity contribution in [2.75, 3.05) is 23.5 Å². The van der Waals surface area contributed by atoms with Crippen molar-refractivity contribution >= 4 is 28.2 Å². The average molecular weight is 348 g/mol. The molecule has 4 rings (SSSR count). The standard InChI is InChI=1S/C16H20N4OS2/c1-22-8-6-13-15(21-13)20(10-11-4-5-11)16-19-18-14(23-16)12-3-2-7-17-9-12/h2-3,7,9,11,13,15H,4-6,8,10H2,1H3. The molecule has 7 heteroatoms. The molecule has 2 aliphatic rings. The lowest BCUT2D eigenvalue weighted by Gasteiger charge is -2.18. The third-order valence-electron chi connectivity index (χ3n) is 4.19. The Morgan fingerprint density at radius 3 is 3.04 bits per heavy atom. The number of hydrogen-bond acceptors (Lipinski definition) is 7. The quantitative estimate of drug-likeness (QED) is 0.682. The molecular weight excluding hydrogens is 328 g/mol. The number of rotatable bonds is 8. The number of nitrogens with zero attached hydrogens (tertiary/aromatic N) is 4. The van der Waals surface area contributed by atoms with Crippen molar-refractivity contribution in [1.82, 2.24) is 15.2 Å². The van der Waals surface area contributed by atoms with Gasteiger partial charge < -0.3 is 9.64 Å². The van der Waals surface area contributed by atoms with E-state index in [-0.39, 0.29) is 6.23 Å². The van der Waals surface area contributed by atoms with Gasteiger partial charge in [0.25, 0.3) is 0 Å². The summed E-state index contributed by atoms with van der Waals surface area (Å²) in [6, 6.07) is 3.96. The van der Waals surface area contributed by atoms with Crippen LogP contribution >= 0.6 is 23.1 Å². The molecule has 2 unspecified atom stereocenters. The molecule has 2 aromatic rings. The Labute approximate surface area is 144 Å². The maximum absolute atomic E-state index is 5.92. The molecule has 3 heterocycles. The molecule has 0 N–H and O–H groups in total. The minimum Gasteiger partial charge on any atom is -0.348 e. The molecule has 122 valence electrons. The van der Waals surface area contributed by atoms with Gasteiger partial charge in [-0.25, -0.2) is 0 Å². The van der Waals surface area contributed by atoms with E-state index in [1.165, 1.54) is 12.8 Å². The van der Waals surface area contributed by atoms with Crippen LogP contribution in [-0.2, 0) is 4.74 Å². The van der Waals surface area contributed by atoms with E-state index < -0.39 is 0 Å². The molecular formula is C16H20N4OS2. The smallest absolute Gasteiger partial charge is 0.210 e. The van der Waals surface area contributed by atoms with Gasteiger partial charge in [-0.2, -0.15) is 11.8 Å². The average Bonchev–Trinajstić information content (AvgIpc) is 3.50. The minimum atomic E-state index is 0.192. The number of thioether (sulfide) groups is 1. The van der Waals surface area contributed by atoms with E-state index in [1.54, 1.807) is 17.5 Å². The maximum atomic E-state index is 5.92. The lowest BCUT2D eigenvalue weighted by Crippen LogP contribution is -2.30. The molecule has 2 aromatic heterocycles. The topological polar surface area (TPSA) is 54.4 Å². The summed E-state index contributed by atoms with van der Waals surface area (Å²) in [6.07, 6.45) is 10.1. The summed E-state index contributed by atoms with van der Waals surface area (Å²) in [5.74, 6) is 1.95. The largest absolute Gasteiger partial charge is 0.348 e. The van der Waals surface area contributed by atoms with Crippen molar-refractivity contribution in [1.29, 1.82) is 0 Å². The van der Waals surface area contributed by atoms with E-state index in [9.17, 15) is 0 Å². The van der Waals surface area contributed by atoms with Gasteiger partial charge in [0.1, 0.15) is 6.10 Å². The number of aromatic nitrogens is 3. The van der Waals surface area contributed by atoms with Crippen LogP contribution in [0, 0.1) is 5.92 Å². The summed E-state index contributed by atoms with van der Waals surface area (Å²) in [7, 11) is 0. The van der Waals surface area contributed by atoms with Gasteiger partial charge in [0.2, 0.25) is 5.13 Å². The molecule has 0 spiro atoms. The molecule has 1 saturated carbocycles. The summed E-state index contributed by atoms with van der Waals surface area (Å²) in [4.78, 5) is 6.50. The lowest BCUT2D eigenvalue weighted by molar-refractivity contribution is 0.359. The molecule has 23 heavy (non-hydrogen) atoms. The summed E-state index contributed by atoms with van der Waals surface area (Å²) >= 11 is 3.51. The third kappa shape index (κ3) is 3.67. The Morgan fingerprint density at radius 2 is 2.30 bits per heavy atom. The van der Waals surface area contributed by atoms with Crippen LogP contribution in [0.15, 0.2) is 24.5 Å². The molecule has 1 aliphatic carbocycles. The Morgan fingerprint density at radius 1 is 1.39 bits per heavy atom. The fourth-order valence-electron chi connectivity index (χ4n) is 2.66. The predicted molar refractivity (Wildman–Crippen MR) is 94.9 cm³/mol. The van der Waals surface area contributed by atoms with Crippen LogP contribution < -0.4 is 4.90 Å². The second-order valence-electron chi connectivity index (χ2n) is 6.07. The van der Waals surface area contributed by atoms with Gasteiger partial charge in [-0.3, -0.25) is 4.98 Å². The Balaban J connectivity index is 1.49. The fraction of sp³-hybridized carbons (Fsp3) is 0.562. The molecule has 1 saturated heterocycles. The highest BCUT2D eigenvalue weighted by Gasteiger charge is 2.45. The molecule has 0 aromatic carbocycles. The summed E-state index contributed by atoms with van der Waals surface area (Å²) < 4.78 is 5.92. The van der Waals surface area contributed by atoms with Crippen molar-refractivity contribution < 1.29 is 4.74 Å². The second kappa shape index (κ2) is 6.75. The van der Waals surface area contributed by atoms with Crippen molar-refractivity contribution in [3.63, 3.8) is 0 Å². The number of ether oxygens (including phenoxy) is 1. The van der Waals surface area contributed by atoms with Gasteiger partial charge in [0, 0.05) is 24.5 Å². The summed E-state index contributed by atoms with van der Waals surface area (Å²) in [5.41, 5.74) is 1.03. The number of anilines is 1. The summed E-state index contributed by atoms with van der Waals surface area (Å²) in [6.45, 7) is 1.04. The monoisotopic (exact) mass is 348 g/mol. The molecule has 5 nitrogen and oxygen atoms in total. The molecule has 2 atom stereocenters. The van der Waals surface area contributed by atoms with Gasteiger partial charge in [-0.15, -0.1) is 10.2 Å². The number of pyridine rings is 1. The zero-order chi connectivity index (χ0) is 15.6. The van der Waals surface area contributed by atoms with Crippen LogP contribution in [0.25, 0.3) is 10.6 Å². The van der Waals surface area contributed by atoms with Crippen molar-refractivity contribution in [3.8, 4) is 10.6 Å². The van der Waals surface area contributed by atoms with Crippen molar-refractivity contribution in [2.45, 2.75) is 31.6 Å². The van der Waals surface area contributed by atoms with Crippen LogP contribution in [0.1, 0.15) is 19.3 Å². The first-order valence-corrected chi connectivity index (χ1v) is 10.2. The Kier molecular flexibility index (Phi) is 4.50. The van der Waals surface area contributed by atoms with Gasteiger partial charge >= 0.3 is 0 Å². The zero-order valence-electron chi connectivity index (χ0n) is 13.1. The van der Waals surface area contributed by atoms with E-state index in [2.05, 4.69) is 26.3 Å². The fourth-order valence-corrected chi connectivity index (χ4v) is 4.00. The third-order valence-corrected chi connectivity index (χ3v) is 5.84. The van der Waals surface area contributed by atoms with Crippen LogP contribution in [0.2, 0.25) is 0 Å². The van der Waals surface area contributed by atoms with Gasteiger partial charge in [0.15, 0.2) is 11.2 Å². The van der Waals surface area contributed by atoms with Crippen LogP contribution in [0.5, 0.6) is 0 Å². The van der Waals surface area contributed by atoms with E-state index in [0.717, 1.165) is 40.3 Å². The Hall–Kier alpha value is -1.18. The number of epoxide rings is 1. The highest BCUT2D eigenvalue weighted by Crippen LogP contribution is 2.40. The molecule has 1 aliphatic heterocycles. The molecule has 0 amide bonds. The first-order valence-electron chi connectivity index (χ1n) is 8.00. The summed E-state index contributed by atoms with van der Waals surface area (Å²) in [5, 5.41) is 10.7. The van der Waals surface area contributed by atoms with E-state index in [4.69, 9.17) is 4.74 Å². The van der Waals surface area contributed by atoms with Crippen molar-refractivity contribution in [3.05, 3.63) is 24.5 Å². The van der Waals surface area contributed by atoms with Crippen LogP contribution in [-0.4, -0.2) is 46.1 Å². The minimum absolute atomic E-state index is 0.192. The van der Waals surface area contributed by atoms with Gasteiger partial charge in [-0.05, 0) is 49.3 Å². The van der Waals surface area contributed by atoms with Crippen LogP contribution in [0.4, 0.5) is 5.13 Å². The second-order valence-corrected chi connectivity index (χ2v) is 8.02. The van der Waals surface area contributed by atoms with Gasteiger partial charge in [-0.1, -0.05) is 11.3 Å². The Bertz CT molecular complexity index is 647. The molecule has 0 bridgehead atoms.